The van der Waals surface area contributed by atoms with Gasteiger partial charge in [-0.15, -0.1) is 0 Å². The number of ketones is 1. The second-order valence-corrected chi connectivity index (χ2v) is 3.63. The summed E-state index contributed by atoms with van der Waals surface area (Å²) in [6.07, 6.45) is -5.70. The molecule has 0 bridgehead atoms. The Labute approximate surface area is 96.4 Å². The fourth-order valence-electron chi connectivity index (χ4n) is 1.41. The van der Waals surface area contributed by atoms with Crippen LogP contribution in [0.1, 0.15) is 23.2 Å². The van der Waals surface area contributed by atoms with Gasteiger partial charge in [0.15, 0.2) is 5.78 Å². The molecule has 2 nitrogen and oxygen atoms in total. The number of aldehydes is 1. The second-order valence-electron chi connectivity index (χ2n) is 3.63. The summed E-state index contributed by atoms with van der Waals surface area (Å²) in [4.78, 5) is 21.7. The maximum absolute atomic E-state index is 12.5. The zero-order chi connectivity index (χ0) is 12.9. The highest BCUT2D eigenvalue weighted by atomic mass is 19.4. The van der Waals surface area contributed by atoms with Crippen LogP contribution in [0.15, 0.2) is 30.3 Å². The molecule has 0 N–H and O–H groups in total. The number of rotatable bonds is 5. The SMILES string of the molecule is O=CC[C@@H](CC(=O)c1ccccc1)C(F)(F)F. The molecule has 0 unspecified atom stereocenters. The Morgan fingerprint density at radius 1 is 1.24 bits per heavy atom. The van der Waals surface area contributed by atoms with Gasteiger partial charge in [-0.25, -0.2) is 0 Å². The number of Topliss-reactive ketones (excluding diaryl/α,β-unsaturated/α-hetero) is 1. The van der Waals surface area contributed by atoms with Crippen LogP contribution in [0.25, 0.3) is 0 Å². The Hall–Kier alpha value is -1.65. The molecular formula is C12H11F3O2. The first kappa shape index (κ1) is 13.4. The quantitative estimate of drug-likeness (QED) is 0.589. The first-order valence-electron chi connectivity index (χ1n) is 5.03. The van der Waals surface area contributed by atoms with Gasteiger partial charge >= 0.3 is 6.18 Å². The molecule has 5 heteroatoms. The van der Waals surface area contributed by atoms with Crippen LogP contribution in [0.2, 0.25) is 0 Å². The van der Waals surface area contributed by atoms with Crippen molar-refractivity contribution in [3.63, 3.8) is 0 Å². The summed E-state index contributed by atoms with van der Waals surface area (Å²) in [6.45, 7) is 0. The van der Waals surface area contributed by atoms with Crippen molar-refractivity contribution in [1.29, 1.82) is 0 Å². The minimum atomic E-state index is -4.52. The van der Waals surface area contributed by atoms with E-state index >= 15 is 0 Å². The Morgan fingerprint density at radius 2 is 1.82 bits per heavy atom. The van der Waals surface area contributed by atoms with Crippen molar-refractivity contribution < 1.29 is 22.8 Å². The second kappa shape index (κ2) is 5.61. The van der Waals surface area contributed by atoms with E-state index in [4.69, 9.17) is 0 Å². The van der Waals surface area contributed by atoms with Gasteiger partial charge in [-0.3, -0.25) is 4.79 Å². The van der Waals surface area contributed by atoms with Crippen molar-refractivity contribution in [2.24, 2.45) is 5.92 Å². The Balaban J connectivity index is 2.75. The molecule has 0 saturated heterocycles. The molecule has 0 aliphatic rings. The standard InChI is InChI=1S/C12H11F3O2/c13-12(14,15)10(6-7-16)8-11(17)9-4-2-1-3-5-9/h1-5,7,10H,6,8H2/t10-/m0/s1. The first-order chi connectivity index (χ1) is 7.95. The Morgan fingerprint density at radius 3 is 2.29 bits per heavy atom. The van der Waals surface area contributed by atoms with Crippen LogP contribution < -0.4 is 0 Å². The molecule has 0 aliphatic carbocycles. The van der Waals surface area contributed by atoms with Gasteiger partial charge in [-0.05, 0) is 0 Å². The number of halogens is 3. The zero-order valence-electron chi connectivity index (χ0n) is 8.91. The highest BCUT2D eigenvalue weighted by Crippen LogP contribution is 2.31. The molecule has 0 aromatic heterocycles. The van der Waals surface area contributed by atoms with Gasteiger partial charge in [0.2, 0.25) is 0 Å². The molecule has 92 valence electrons. The smallest absolute Gasteiger partial charge is 0.303 e. The van der Waals surface area contributed by atoms with E-state index in [1.54, 1.807) is 18.2 Å². The van der Waals surface area contributed by atoms with Crippen molar-refractivity contribution in [2.75, 3.05) is 0 Å². The van der Waals surface area contributed by atoms with Gasteiger partial charge < -0.3 is 4.79 Å². The number of alkyl halides is 3. The van der Waals surface area contributed by atoms with E-state index in [0.717, 1.165) is 0 Å². The topological polar surface area (TPSA) is 34.1 Å². The molecule has 1 atom stereocenters. The number of carbonyl (C=O) groups excluding carboxylic acids is 2. The summed E-state index contributed by atoms with van der Waals surface area (Å²) in [5, 5.41) is 0. The van der Waals surface area contributed by atoms with Gasteiger partial charge in [0.05, 0.1) is 5.92 Å². The molecule has 0 saturated carbocycles. The molecule has 0 radical (unpaired) electrons. The van der Waals surface area contributed by atoms with Crippen LogP contribution in [0.3, 0.4) is 0 Å². The van der Waals surface area contributed by atoms with Gasteiger partial charge in [0.25, 0.3) is 0 Å². The van der Waals surface area contributed by atoms with E-state index in [-0.39, 0.29) is 11.8 Å². The minimum absolute atomic E-state index is 0.191. The fourth-order valence-corrected chi connectivity index (χ4v) is 1.41. The third kappa shape index (κ3) is 4.01. The van der Waals surface area contributed by atoms with Crippen LogP contribution in [-0.2, 0) is 4.79 Å². The van der Waals surface area contributed by atoms with Gasteiger partial charge in [-0.1, -0.05) is 30.3 Å². The van der Waals surface area contributed by atoms with Crippen LogP contribution in [0.5, 0.6) is 0 Å². The van der Waals surface area contributed by atoms with Gasteiger partial charge in [0.1, 0.15) is 6.29 Å². The van der Waals surface area contributed by atoms with Gasteiger partial charge in [-0.2, -0.15) is 13.2 Å². The zero-order valence-corrected chi connectivity index (χ0v) is 8.91. The number of hydrogen-bond acceptors (Lipinski definition) is 2. The van der Waals surface area contributed by atoms with Crippen molar-refractivity contribution in [3.8, 4) is 0 Å². The predicted molar refractivity (Wildman–Crippen MR) is 55.6 cm³/mol. The fraction of sp³-hybridized carbons (Fsp3) is 0.333. The number of benzene rings is 1. The summed E-state index contributed by atoms with van der Waals surface area (Å²) in [7, 11) is 0. The van der Waals surface area contributed by atoms with E-state index in [9.17, 15) is 22.8 Å². The lowest BCUT2D eigenvalue weighted by Gasteiger charge is -2.16. The molecule has 0 fully saturated rings. The third-order valence-electron chi connectivity index (χ3n) is 2.37. The lowest BCUT2D eigenvalue weighted by molar-refractivity contribution is -0.175. The summed E-state index contributed by atoms with van der Waals surface area (Å²) in [5.74, 6) is -2.50. The number of hydrogen-bond donors (Lipinski definition) is 0. The van der Waals surface area contributed by atoms with E-state index in [1.165, 1.54) is 12.1 Å². The van der Waals surface area contributed by atoms with E-state index in [0.29, 0.717) is 0 Å². The largest absolute Gasteiger partial charge is 0.392 e. The molecule has 0 aliphatic heterocycles. The van der Waals surface area contributed by atoms with Crippen LogP contribution >= 0.6 is 0 Å². The Bertz CT molecular complexity index is 384. The van der Waals surface area contributed by atoms with Gasteiger partial charge in [0, 0.05) is 18.4 Å². The maximum atomic E-state index is 12.5. The average molecular weight is 244 g/mol. The van der Waals surface area contributed by atoms with Crippen molar-refractivity contribution in [3.05, 3.63) is 35.9 Å². The third-order valence-corrected chi connectivity index (χ3v) is 2.37. The minimum Gasteiger partial charge on any atom is -0.303 e. The van der Waals surface area contributed by atoms with E-state index < -0.39 is 30.7 Å². The highest BCUT2D eigenvalue weighted by Gasteiger charge is 2.40. The summed E-state index contributed by atoms with van der Waals surface area (Å²) in [5.41, 5.74) is 0.229. The Kier molecular flexibility index (Phi) is 4.43. The molecule has 17 heavy (non-hydrogen) atoms. The van der Waals surface area contributed by atoms with E-state index in [1.807, 2.05) is 0 Å². The van der Waals surface area contributed by atoms with Crippen molar-refractivity contribution in [1.82, 2.24) is 0 Å². The molecule has 0 spiro atoms. The summed E-state index contributed by atoms with van der Waals surface area (Å²) < 4.78 is 37.4. The van der Waals surface area contributed by atoms with Crippen molar-refractivity contribution in [2.45, 2.75) is 19.0 Å². The highest BCUT2D eigenvalue weighted by molar-refractivity contribution is 5.96. The first-order valence-corrected chi connectivity index (χ1v) is 5.03. The number of carbonyl (C=O) groups is 2. The average Bonchev–Trinajstić information content (AvgIpc) is 2.28. The molecule has 1 aromatic rings. The molecule has 0 amide bonds. The van der Waals surface area contributed by atoms with Crippen LogP contribution in [-0.4, -0.2) is 18.2 Å². The molecule has 1 aromatic carbocycles. The van der Waals surface area contributed by atoms with Crippen LogP contribution in [0, 0.1) is 5.92 Å². The van der Waals surface area contributed by atoms with Crippen LogP contribution in [0.4, 0.5) is 13.2 Å². The van der Waals surface area contributed by atoms with E-state index in [2.05, 4.69) is 0 Å². The molecular weight excluding hydrogens is 233 g/mol. The maximum Gasteiger partial charge on any atom is 0.392 e. The van der Waals surface area contributed by atoms with Crippen molar-refractivity contribution >= 4 is 12.1 Å². The lowest BCUT2D eigenvalue weighted by Crippen LogP contribution is -2.26. The normalized spacial score (nSPS) is 13.1. The molecule has 1 rings (SSSR count). The predicted octanol–water partition coefficient (Wildman–Crippen LogP) is 3.03. The monoisotopic (exact) mass is 244 g/mol. The lowest BCUT2D eigenvalue weighted by atomic mass is 9.95. The summed E-state index contributed by atoms with van der Waals surface area (Å²) >= 11 is 0. The summed E-state index contributed by atoms with van der Waals surface area (Å²) in [6, 6.07) is 7.74. The molecule has 0 heterocycles.